The smallest absolute Gasteiger partial charge is 0.253 e. The van der Waals surface area contributed by atoms with Crippen LogP contribution in [0.15, 0.2) is 51.8 Å². The molecule has 3 aromatic rings. The molecule has 0 unspecified atom stereocenters. The Morgan fingerprint density at radius 3 is 2.24 bits per heavy atom. The maximum absolute atomic E-state index is 13.2. The van der Waals surface area contributed by atoms with E-state index < -0.39 is 10.0 Å². The van der Waals surface area contributed by atoms with Gasteiger partial charge in [-0.1, -0.05) is 32.9 Å². The number of hydrogen-bond acceptors (Lipinski definition) is 6. The number of amides is 1. The molecule has 0 atom stereocenters. The van der Waals surface area contributed by atoms with Crippen molar-refractivity contribution in [3.8, 4) is 0 Å². The third-order valence-corrected chi connectivity index (χ3v) is 9.28. The molecule has 0 radical (unpaired) electrons. The fraction of sp³-hybridized carbons (Fsp3) is 0.500. The highest BCUT2D eigenvalue weighted by molar-refractivity contribution is 7.89. The summed E-state index contributed by atoms with van der Waals surface area (Å²) in [5.41, 5.74) is 3.06. The van der Waals surface area contributed by atoms with Gasteiger partial charge in [-0.25, -0.2) is 13.4 Å². The number of aromatic nitrogens is 1. The van der Waals surface area contributed by atoms with E-state index in [9.17, 15) is 13.2 Å². The van der Waals surface area contributed by atoms with Crippen molar-refractivity contribution < 1.29 is 17.6 Å². The number of rotatable bonds is 5. The predicted molar refractivity (Wildman–Crippen MR) is 143 cm³/mol. The van der Waals surface area contributed by atoms with Crippen molar-refractivity contribution in [1.29, 1.82) is 0 Å². The Bertz CT molecular complexity index is 1360. The lowest BCUT2D eigenvalue weighted by Crippen LogP contribution is -2.48. The zero-order valence-electron chi connectivity index (χ0n) is 21.9. The van der Waals surface area contributed by atoms with Crippen LogP contribution in [0.1, 0.15) is 61.8 Å². The summed E-state index contributed by atoms with van der Waals surface area (Å²) in [6, 6.07) is 12.7. The number of oxazole rings is 1. The van der Waals surface area contributed by atoms with Crippen LogP contribution >= 0.6 is 0 Å². The highest BCUT2D eigenvalue weighted by Gasteiger charge is 2.29. The van der Waals surface area contributed by atoms with Crippen molar-refractivity contribution in [2.75, 3.05) is 39.3 Å². The van der Waals surface area contributed by atoms with Gasteiger partial charge in [-0.2, -0.15) is 4.31 Å². The first-order valence-electron chi connectivity index (χ1n) is 13.1. The maximum Gasteiger partial charge on any atom is 0.253 e. The first-order valence-corrected chi connectivity index (χ1v) is 14.6. The molecule has 2 aromatic carbocycles. The Morgan fingerprint density at radius 1 is 0.919 bits per heavy atom. The lowest BCUT2D eigenvalue weighted by atomic mass is 9.87. The second-order valence-electron chi connectivity index (χ2n) is 11.1. The number of carbonyl (C=O) groups excluding carboxylic acids is 1. The van der Waals surface area contributed by atoms with E-state index in [4.69, 9.17) is 4.42 Å². The standard InChI is InChI=1S/C28H36N4O4S/c1-28(2,3)22-8-10-23(11-9-22)37(34,35)32-17-15-30(16-18-32)20-26-29-24-19-21(7-12-25(24)36-26)27(33)31-13-5-4-6-14-31/h7-12,19H,4-6,13-18,20H2,1-3H3. The van der Waals surface area contributed by atoms with Gasteiger partial charge in [0, 0.05) is 44.8 Å². The van der Waals surface area contributed by atoms with E-state index in [0.29, 0.717) is 60.2 Å². The Morgan fingerprint density at radius 2 is 1.59 bits per heavy atom. The van der Waals surface area contributed by atoms with E-state index in [-0.39, 0.29) is 11.3 Å². The number of hydrogen-bond donors (Lipinski definition) is 0. The van der Waals surface area contributed by atoms with Gasteiger partial charge in [-0.15, -0.1) is 0 Å². The third-order valence-electron chi connectivity index (χ3n) is 7.37. The molecule has 0 aliphatic carbocycles. The number of nitrogens with zero attached hydrogens (tertiary/aromatic N) is 4. The number of likely N-dealkylation sites (tertiary alicyclic amines) is 1. The monoisotopic (exact) mass is 524 g/mol. The average Bonchev–Trinajstić information content (AvgIpc) is 3.30. The second-order valence-corrected chi connectivity index (χ2v) is 13.0. The highest BCUT2D eigenvalue weighted by atomic mass is 32.2. The van der Waals surface area contributed by atoms with E-state index in [1.165, 1.54) is 6.42 Å². The quantitative estimate of drug-likeness (QED) is 0.496. The predicted octanol–water partition coefficient (Wildman–Crippen LogP) is 4.26. The number of carbonyl (C=O) groups is 1. The molecule has 0 bridgehead atoms. The largest absolute Gasteiger partial charge is 0.439 e. The van der Waals surface area contributed by atoms with Gasteiger partial charge in [0.2, 0.25) is 15.9 Å². The normalized spacial score (nSPS) is 18.4. The minimum atomic E-state index is -3.53. The third kappa shape index (κ3) is 5.58. The Balaban J connectivity index is 1.20. The molecule has 0 spiro atoms. The molecule has 8 nitrogen and oxygen atoms in total. The molecule has 0 saturated carbocycles. The van der Waals surface area contributed by atoms with Crippen molar-refractivity contribution in [2.45, 2.75) is 56.9 Å². The van der Waals surface area contributed by atoms with Crippen molar-refractivity contribution in [1.82, 2.24) is 19.1 Å². The van der Waals surface area contributed by atoms with Gasteiger partial charge in [0.05, 0.1) is 11.4 Å². The lowest BCUT2D eigenvalue weighted by molar-refractivity contribution is 0.0724. The van der Waals surface area contributed by atoms with Gasteiger partial charge in [-0.05, 0) is 60.6 Å². The van der Waals surface area contributed by atoms with Gasteiger partial charge >= 0.3 is 0 Å². The van der Waals surface area contributed by atoms with Crippen molar-refractivity contribution in [2.24, 2.45) is 0 Å². The molecule has 9 heteroatoms. The minimum absolute atomic E-state index is 0.0248. The lowest BCUT2D eigenvalue weighted by Gasteiger charge is -2.33. The Labute approximate surface area is 219 Å². The van der Waals surface area contributed by atoms with Crippen LogP contribution in [0.3, 0.4) is 0 Å². The highest BCUT2D eigenvalue weighted by Crippen LogP contribution is 2.26. The fourth-order valence-electron chi connectivity index (χ4n) is 5.05. The molecule has 3 heterocycles. The fourth-order valence-corrected chi connectivity index (χ4v) is 6.47. The summed E-state index contributed by atoms with van der Waals surface area (Å²) in [5, 5.41) is 0. The van der Waals surface area contributed by atoms with E-state index in [2.05, 4.69) is 30.7 Å². The van der Waals surface area contributed by atoms with Crippen LogP contribution < -0.4 is 0 Å². The average molecular weight is 525 g/mol. The van der Waals surface area contributed by atoms with Crippen LogP contribution in [0.5, 0.6) is 0 Å². The molecule has 198 valence electrons. The number of piperidine rings is 1. The van der Waals surface area contributed by atoms with Crippen molar-refractivity contribution in [3.05, 3.63) is 59.5 Å². The molecule has 2 aliphatic heterocycles. The number of sulfonamides is 1. The Kier molecular flexibility index (Phi) is 7.13. The van der Waals surface area contributed by atoms with Crippen LogP contribution in [0.2, 0.25) is 0 Å². The molecule has 2 aliphatic rings. The van der Waals surface area contributed by atoms with E-state index in [0.717, 1.165) is 31.5 Å². The summed E-state index contributed by atoms with van der Waals surface area (Å²) in [6.07, 6.45) is 3.29. The SMILES string of the molecule is CC(C)(C)c1ccc(S(=O)(=O)N2CCN(Cc3nc4cc(C(=O)N5CCCCC5)ccc4o3)CC2)cc1. The van der Waals surface area contributed by atoms with Gasteiger partial charge in [0.1, 0.15) is 5.52 Å². The summed E-state index contributed by atoms with van der Waals surface area (Å²) in [7, 11) is -3.53. The second kappa shape index (κ2) is 10.2. The van der Waals surface area contributed by atoms with E-state index in [1.54, 1.807) is 16.4 Å². The summed E-state index contributed by atoms with van der Waals surface area (Å²) in [4.78, 5) is 21.9. The van der Waals surface area contributed by atoms with Crippen molar-refractivity contribution >= 4 is 27.0 Å². The van der Waals surface area contributed by atoms with Gasteiger partial charge in [-0.3, -0.25) is 9.69 Å². The van der Waals surface area contributed by atoms with E-state index in [1.807, 2.05) is 35.2 Å². The molecular weight excluding hydrogens is 488 g/mol. The minimum Gasteiger partial charge on any atom is -0.439 e. The number of piperazine rings is 1. The first-order chi connectivity index (χ1) is 17.6. The number of fused-ring (bicyclic) bond motifs is 1. The van der Waals surface area contributed by atoms with Gasteiger partial charge in [0.15, 0.2) is 5.58 Å². The van der Waals surface area contributed by atoms with Crippen molar-refractivity contribution in [3.63, 3.8) is 0 Å². The van der Waals surface area contributed by atoms with Crippen LogP contribution in [0.25, 0.3) is 11.1 Å². The van der Waals surface area contributed by atoms with Crippen LogP contribution in [0.4, 0.5) is 0 Å². The number of benzene rings is 2. The van der Waals surface area contributed by atoms with Crippen LogP contribution in [0, 0.1) is 0 Å². The first kappa shape index (κ1) is 25.9. The zero-order chi connectivity index (χ0) is 26.2. The van der Waals surface area contributed by atoms with Gasteiger partial charge in [0.25, 0.3) is 5.91 Å². The summed E-state index contributed by atoms with van der Waals surface area (Å²) in [6.45, 7) is 10.5. The molecule has 2 fully saturated rings. The molecule has 5 rings (SSSR count). The summed E-state index contributed by atoms with van der Waals surface area (Å²) in [5.74, 6) is 0.628. The van der Waals surface area contributed by atoms with Crippen LogP contribution in [-0.2, 0) is 22.0 Å². The molecular formula is C28H36N4O4S. The zero-order valence-corrected chi connectivity index (χ0v) is 22.8. The van der Waals surface area contributed by atoms with Crippen LogP contribution in [-0.4, -0.2) is 72.7 Å². The summed E-state index contributed by atoms with van der Waals surface area (Å²) < 4.78 is 33.9. The maximum atomic E-state index is 13.2. The topological polar surface area (TPSA) is 87.0 Å². The molecule has 1 aromatic heterocycles. The van der Waals surface area contributed by atoms with E-state index >= 15 is 0 Å². The Hall–Kier alpha value is -2.75. The molecule has 2 saturated heterocycles. The van der Waals surface area contributed by atoms with Gasteiger partial charge < -0.3 is 9.32 Å². The molecule has 0 N–H and O–H groups in total. The summed E-state index contributed by atoms with van der Waals surface area (Å²) >= 11 is 0. The molecule has 1 amide bonds. The molecule has 37 heavy (non-hydrogen) atoms.